The van der Waals surface area contributed by atoms with Crippen molar-refractivity contribution >= 4 is 28.6 Å². The highest BCUT2D eigenvalue weighted by molar-refractivity contribution is 6.44. The minimum Gasteiger partial charge on any atom is -0.263 e. The Morgan fingerprint density at radius 1 is 0.909 bits per heavy atom. The molecule has 0 N–H and O–H groups in total. The summed E-state index contributed by atoms with van der Waals surface area (Å²) >= 11 is 0. The second kappa shape index (κ2) is 5.44. The van der Waals surface area contributed by atoms with Gasteiger partial charge >= 0.3 is 17.8 Å². The van der Waals surface area contributed by atoms with E-state index in [1.165, 1.54) is 6.08 Å². The van der Waals surface area contributed by atoms with Crippen LogP contribution in [0.1, 0.15) is 5.56 Å². The molecule has 2 aromatic rings. The number of benzene rings is 2. The van der Waals surface area contributed by atoms with Gasteiger partial charge in [-0.3, -0.25) is 19.4 Å². The molecule has 4 amide bonds. The molecule has 0 aliphatic carbocycles. The lowest BCUT2D eigenvalue weighted by molar-refractivity contribution is -0.143. The standard InChI is InChI=1S/C17H14N2O3/c1-2-10-18-15(20)16(21)19(17(18)22)11-13-8-5-7-12-6-3-4-9-14(12)13/h2-9H,1,10-11H2. The van der Waals surface area contributed by atoms with Gasteiger partial charge in [0.15, 0.2) is 0 Å². The molecule has 110 valence electrons. The molecule has 0 saturated carbocycles. The van der Waals surface area contributed by atoms with Crippen molar-refractivity contribution in [1.29, 1.82) is 0 Å². The number of carbonyl (C=O) groups is 3. The van der Waals surface area contributed by atoms with Crippen LogP contribution in [0.3, 0.4) is 0 Å². The summed E-state index contributed by atoms with van der Waals surface area (Å²) in [7, 11) is 0. The first-order valence-electron chi connectivity index (χ1n) is 6.88. The third-order valence-corrected chi connectivity index (χ3v) is 3.66. The quantitative estimate of drug-likeness (QED) is 0.494. The summed E-state index contributed by atoms with van der Waals surface area (Å²) in [6, 6.07) is 12.8. The zero-order valence-corrected chi connectivity index (χ0v) is 11.9. The van der Waals surface area contributed by atoms with E-state index in [0.29, 0.717) is 0 Å². The molecule has 0 atom stereocenters. The molecule has 0 unspecified atom stereocenters. The van der Waals surface area contributed by atoms with Gasteiger partial charge in [-0.1, -0.05) is 48.5 Å². The second-order valence-electron chi connectivity index (χ2n) is 5.02. The van der Waals surface area contributed by atoms with Crippen LogP contribution in [0.2, 0.25) is 0 Å². The maximum Gasteiger partial charge on any atom is 0.334 e. The minimum absolute atomic E-state index is 0.0371. The molecule has 0 bridgehead atoms. The van der Waals surface area contributed by atoms with Crippen molar-refractivity contribution in [2.24, 2.45) is 0 Å². The molecule has 0 spiro atoms. The maximum atomic E-state index is 12.2. The van der Waals surface area contributed by atoms with Crippen LogP contribution in [0.4, 0.5) is 4.79 Å². The minimum atomic E-state index is -0.801. The Kier molecular flexibility index (Phi) is 3.47. The molecule has 3 rings (SSSR count). The number of amides is 4. The molecular weight excluding hydrogens is 280 g/mol. The summed E-state index contributed by atoms with van der Waals surface area (Å²) in [5, 5.41) is 1.98. The van der Waals surface area contributed by atoms with Gasteiger partial charge in [-0.05, 0) is 16.3 Å². The van der Waals surface area contributed by atoms with Gasteiger partial charge in [-0.15, -0.1) is 6.58 Å². The van der Waals surface area contributed by atoms with Gasteiger partial charge in [0.25, 0.3) is 0 Å². The van der Waals surface area contributed by atoms with E-state index in [2.05, 4.69) is 6.58 Å². The van der Waals surface area contributed by atoms with Crippen LogP contribution >= 0.6 is 0 Å². The zero-order valence-electron chi connectivity index (χ0n) is 11.9. The first-order chi connectivity index (χ1) is 10.6. The average molecular weight is 294 g/mol. The Bertz CT molecular complexity index is 792. The van der Waals surface area contributed by atoms with E-state index in [9.17, 15) is 14.4 Å². The molecule has 0 aromatic heterocycles. The van der Waals surface area contributed by atoms with Gasteiger partial charge < -0.3 is 0 Å². The third-order valence-electron chi connectivity index (χ3n) is 3.66. The SMILES string of the molecule is C=CCN1C(=O)C(=O)N(Cc2cccc3ccccc23)C1=O. The van der Waals surface area contributed by atoms with Gasteiger partial charge in [0.2, 0.25) is 0 Å². The van der Waals surface area contributed by atoms with E-state index in [1.807, 2.05) is 42.5 Å². The highest BCUT2D eigenvalue weighted by Crippen LogP contribution is 2.22. The molecule has 1 fully saturated rings. The van der Waals surface area contributed by atoms with Crippen LogP contribution in [-0.2, 0) is 16.1 Å². The summed E-state index contributed by atoms with van der Waals surface area (Å²) in [5.74, 6) is -1.59. The number of fused-ring (bicyclic) bond motifs is 1. The summed E-state index contributed by atoms with van der Waals surface area (Å²) in [6.45, 7) is 3.61. The van der Waals surface area contributed by atoms with Gasteiger partial charge in [-0.25, -0.2) is 4.79 Å². The first kappa shape index (κ1) is 14.0. The Balaban J connectivity index is 1.95. The topological polar surface area (TPSA) is 57.7 Å². The van der Waals surface area contributed by atoms with Gasteiger partial charge in [0.1, 0.15) is 0 Å². The van der Waals surface area contributed by atoms with Gasteiger partial charge in [0.05, 0.1) is 6.54 Å². The van der Waals surface area contributed by atoms with E-state index in [4.69, 9.17) is 0 Å². The normalized spacial score (nSPS) is 15.0. The van der Waals surface area contributed by atoms with Gasteiger partial charge in [0, 0.05) is 6.54 Å². The fraction of sp³-hybridized carbons (Fsp3) is 0.118. The van der Waals surface area contributed by atoms with E-state index >= 15 is 0 Å². The molecule has 5 heteroatoms. The van der Waals surface area contributed by atoms with E-state index in [1.54, 1.807) is 0 Å². The lowest BCUT2D eigenvalue weighted by Gasteiger charge is -2.15. The fourth-order valence-corrected chi connectivity index (χ4v) is 2.58. The lowest BCUT2D eigenvalue weighted by atomic mass is 10.0. The molecule has 1 aliphatic rings. The van der Waals surface area contributed by atoms with Gasteiger partial charge in [-0.2, -0.15) is 0 Å². The Morgan fingerprint density at radius 3 is 2.36 bits per heavy atom. The largest absolute Gasteiger partial charge is 0.334 e. The number of hydrogen-bond acceptors (Lipinski definition) is 3. The van der Waals surface area contributed by atoms with Crippen molar-refractivity contribution in [1.82, 2.24) is 9.80 Å². The summed E-state index contributed by atoms with van der Waals surface area (Å²) in [6.07, 6.45) is 1.42. The second-order valence-corrected chi connectivity index (χ2v) is 5.02. The van der Waals surface area contributed by atoms with E-state index in [-0.39, 0.29) is 13.1 Å². The summed E-state index contributed by atoms with van der Waals surface area (Å²) < 4.78 is 0. The fourth-order valence-electron chi connectivity index (χ4n) is 2.58. The van der Waals surface area contributed by atoms with Crippen LogP contribution in [0, 0.1) is 0 Å². The summed E-state index contributed by atoms with van der Waals surface area (Å²) in [5.41, 5.74) is 0.827. The molecule has 22 heavy (non-hydrogen) atoms. The monoisotopic (exact) mass is 294 g/mol. The van der Waals surface area contributed by atoms with E-state index < -0.39 is 17.8 Å². The Labute approximate surface area is 127 Å². The van der Waals surface area contributed by atoms with Crippen molar-refractivity contribution < 1.29 is 14.4 Å². The number of nitrogens with zero attached hydrogens (tertiary/aromatic N) is 2. The molecule has 1 heterocycles. The average Bonchev–Trinajstić information content (AvgIpc) is 2.73. The van der Waals surface area contributed by atoms with Crippen molar-refractivity contribution in [2.75, 3.05) is 6.54 Å². The number of rotatable bonds is 4. The van der Waals surface area contributed by atoms with E-state index in [0.717, 1.165) is 26.1 Å². The number of urea groups is 1. The van der Waals surface area contributed by atoms with Crippen LogP contribution in [-0.4, -0.2) is 34.2 Å². The Morgan fingerprint density at radius 2 is 1.59 bits per heavy atom. The molecular formula is C17H14N2O3. The van der Waals surface area contributed by atoms with Crippen molar-refractivity contribution in [3.8, 4) is 0 Å². The van der Waals surface area contributed by atoms with Crippen LogP contribution in [0.5, 0.6) is 0 Å². The maximum absolute atomic E-state index is 12.2. The third kappa shape index (κ3) is 2.16. The Hall–Kier alpha value is -2.95. The molecule has 1 saturated heterocycles. The van der Waals surface area contributed by atoms with Crippen LogP contribution in [0.25, 0.3) is 10.8 Å². The first-order valence-corrected chi connectivity index (χ1v) is 6.88. The highest BCUT2D eigenvalue weighted by Gasteiger charge is 2.43. The van der Waals surface area contributed by atoms with Crippen LogP contribution in [0.15, 0.2) is 55.1 Å². The predicted molar refractivity (Wildman–Crippen MR) is 81.8 cm³/mol. The summed E-state index contributed by atoms with van der Waals surface area (Å²) in [4.78, 5) is 38.0. The molecule has 0 radical (unpaired) electrons. The predicted octanol–water partition coefficient (Wildman–Crippen LogP) is 2.32. The highest BCUT2D eigenvalue weighted by atomic mass is 16.2. The van der Waals surface area contributed by atoms with Crippen LogP contribution < -0.4 is 0 Å². The molecule has 2 aromatic carbocycles. The van der Waals surface area contributed by atoms with Crippen molar-refractivity contribution in [3.63, 3.8) is 0 Å². The smallest absolute Gasteiger partial charge is 0.263 e. The zero-order chi connectivity index (χ0) is 15.7. The van der Waals surface area contributed by atoms with Crippen molar-refractivity contribution in [3.05, 3.63) is 60.7 Å². The number of hydrogen-bond donors (Lipinski definition) is 0. The molecule has 1 aliphatic heterocycles. The lowest BCUT2D eigenvalue weighted by Crippen LogP contribution is -2.33. The number of carbonyl (C=O) groups excluding carboxylic acids is 3. The van der Waals surface area contributed by atoms with Crippen molar-refractivity contribution in [2.45, 2.75) is 6.54 Å². The number of imide groups is 2. The molecule has 5 nitrogen and oxygen atoms in total.